The Bertz CT molecular complexity index is 915. The lowest BCUT2D eigenvalue weighted by atomic mass is 9.85. The number of ether oxygens (including phenoxy) is 3. The van der Waals surface area contributed by atoms with E-state index in [0.29, 0.717) is 29.7 Å². The number of nitro groups is 1. The first-order valence-electron chi connectivity index (χ1n) is 9.62. The van der Waals surface area contributed by atoms with Gasteiger partial charge >= 0.3 is 5.97 Å². The molecule has 0 N–H and O–H groups in total. The molecule has 1 fully saturated rings. The van der Waals surface area contributed by atoms with Crippen LogP contribution in [0.2, 0.25) is 0 Å². The van der Waals surface area contributed by atoms with E-state index in [4.69, 9.17) is 14.2 Å². The van der Waals surface area contributed by atoms with E-state index < -0.39 is 10.9 Å². The average molecular weight is 416 g/mol. The normalized spacial score (nSPS) is 22.3. The van der Waals surface area contributed by atoms with E-state index in [9.17, 15) is 24.5 Å². The molecule has 0 bridgehead atoms. The molecule has 2 unspecified atom stereocenters. The van der Waals surface area contributed by atoms with Gasteiger partial charge in [0.2, 0.25) is 11.8 Å². The molecule has 158 valence electrons. The number of nitro benzene ring substituents is 1. The zero-order valence-corrected chi connectivity index (χ0v) is 16.1. The van der Waals surface area contributed by atoms with Crippen LogP contribution in [0, 0.1) is 22.0 Å². The number of fused-ring (bicyclic) bond motifs is 2. The first kappa shape index (κ1) is 20.0. The second-order valence-electron chi connectivity index (χ2n) is 7.36. The fourth-order valence-corrected chi connectivity index (χ4v) is 4.02. The predicted molar refractivity (Wildman–Crippen MR) is 99.9 cm³/mol. The highest BCUT2D eigenvalue weighted by Crippen LogP contribution is 2.35. The number of hydrogen-bond acceptors (Lipinski definition) is 8. The average Bonchev–Trinajstić information content (AvgIpc) is 3.00. The number of esters is 1. The standard InChI is InChI=1S/C20H20N2O8/c23-17(5-6-21-19(24)15-3-1-2-4-16(15)20(21)25)29-10-13-8-14(22(26)27)7-12-9-28-11-30-18(12)13/h1-2,7-8,15-16H,3-6,9-11H2. The Morgan fingerprint density at radius 1 is 1.20 bits per heavy atom. The van der Waals surface area contributed by atoms with Crippen LogP contribution in [0.4, 0.5) is 5.69 Å². The van der Waals surface area contributed by atoms with Crippen LogP contribution < -0.4 is 4.74 Å². The van der Waals surface area contributed by atoms with Crippen LogP contribution in [-0.2, 0) is 37.1 Å². The number of non-ortho nitro benzene ring substituents is 1. The van der Waals surface area contributed by atoms with Crippen LogP contribution in [-0.4, -0.2) is 40.9 Å². The molecule has 4 rings (SSSR count). The number of benzene rings is 1. The van der Waals surface area contributed by atoms with Crippen molar-refractivity contribution in [3.8, 4) is 5.75 Å². The molecule has 2 heterocycles. The smallest absolute Gasteiger partial charge is 0.307 e. The van der Waals surface area contributed by atoms with E-state index >= 15 is 0 Å². The van der Waals surface area contributed by atoms with E-state index in [1.54, 1.807) is 0 Å². The van der Waals surface area contributed by atoms with Crippen LogP contribution in [0.3, 0.4) is 0 Å². The molecule has 30 heavy (non-hydrogen) atoms. The van der Waals surface area contributed by atoms with Gasteiger partial charge in [-0.25, -0.2) is 0 Å². The highest BCUT2D eigenvalue weighted by atomic mass is 16.7. The van der Waals surface area contributed by atoms with E-state index in [0.717, 1.165) is 4.90 Å². The second kappa shape index (κ2) is 8.23. The molecule has 0 radical (unpaired) electrons. The van der Waals surface area contributed by atoms with Gasteiger partial charge in [-0.2, -0.15) is 0 Å². The number of rotatable bonds is 6. The third kappa shape index (κ3) is 3.78. The molecular formula is C20H20N2O8. The number of amides is 2. The third-order valence-electron chi connectivity index (χ3n) is 5.51. The van der Waals surface area contributed by atoms with Gasteiger partial charge in [0.05, 0.1) is 29.8 Å². The Balaban J connectivity index is 1.37. The van der Waals surface area contributed by atoms with Crippen molar-refractivity contribution >= 4 is 23.5 Å². The van der Waals surface area contributed by atoms with Gasteiger partial charge in [-0.1, -0.05) is 12.2 Å². The zero-order valence-electron chi connectivity index (χ0n) is 16.1. The Hall–Kier alpha value is -3.27. The fourth-order valence-electron chi connectivity index (χ4n) is 4.02. The predicted octanol–water partition coefficient (Wildman–Crippen LogP) is 1.85. The van der Waals surface area contributed by atoms with Crippen LogP contribution in [0.1, 0.15) is 30.4 Å². The summed E-state index contributed by atoms with van der Waals surface area (Å²) in [5.41, 5.74) is 0.714. The molecule has 2 atom stereocenters. The quantitative estimate of drug-likeness (QED) is 0.226. The lowest BCUT2D eigenvalue weighted by molar-refractivity contribution is -0.385. The van der Waals surface area contributed by atoms with Crippen LogP contribution in [0.5, 0.6) is 5.75 Å². The minimum Gasteiger partial charge on any atom is -0.467 e. The molecule has 0 spiro atoms. The summed E-state index contributed by atoms with van der Waals surface area (Å²) in [4.78, 5) is 48.8. The van der Waals surface area contributed by atoms with Gasteiger partial charge in [-0.15, -0.1) is 0 Å². The van der Waals surface area contributed by atoms with Gasteiger partial charge < -0.3 is 14.2 Å². The maximum Gasteiger partial charge on any atom is 0.307 e. The molecule has 1 aromatic rings. The van der Waals surface area contributed by atoms with Crippen LogP contribution >= 0.6 is 0 Å². The molecule has 0 aromatic heterocycles. The maximum atomic E-state index is 12.4. The minimum absolute atomic E-state index is 0.00211. The molecule has 1 aromatic carbocycles. The maximum absolute atomic E-state index is 12.4. The molecular weight excluding hydrogens is 396 g/mol. The first-order valence-corrected chi connectivity index (χ1v) is 9.62. The number of hydrogen-bond donors (Lipinski definition) is 0. The summed E-state index contributed by atoms with van der Waals surface area (Å²) in [5.74, 6) is -1.38. The lowest BCUT2D eigenvalue weighted by Gasteiger charge is -2.20. The van der Waals surface area contributed by atoms with Crippen molar-refractivity contribution < 1.29 is 33.5 Å². The van der Waals surface area contributed by atoms with E-state index in [1.807, 2.05) is 12.2 Å². The van der Waals surface area contributed by atoms with Crippen molar-refractivity contribution in [1.82, 2.24) is 4.90 Å². The number of allylic oxidation sites excluding steroid dienone is 2. The summed E-state index contributed by atoms with van der Waals surface area (Å²) in [6.07, 6.45) is 4.73. The van der Waals surface area contributed by atoms with Crippen molar-refractivity contribution in [1.29, 1.82) is 0 Å². The summed E-state index contributed by atoms with van der Waals surface area (Å²) in [7, 11) is 0. The molecule has 1 aliphatic carbocycles. The van der Waals surface area contributed by atoms with Crippen molar-refractivity contribution in [3.63, 3.8) is 0 Å². The first-order chi connectivity index (χ1) is 14.5. The van der Waals surface area contributed by atoms with Crippen LogP contribution in [0.15, 0.2) is 24.3 Å². The monoisotopic (exact) mass is 416 g/mol. The molecule has 10 heteroatoms. The number of carbonyl (C=O) groups excluding carboxylic acids is 3. The van der Waals surface area contributed by atoms with Gasteiger partial charge in [0, 0.05) is 29.8 Å². The molecule has 0 saturated carbocycles. The van der Waals surface area contributed by atoms with Crippen molar-refractivity contribution in [2.45, 2.75) is 32.5 Å². The number of likely N-dealkylation sites (tertiary alicyclic amines) is 1. The SMILES string of the molecule is O=C(CCN1C(=O)C2CC=CCC2C1=O)OCc1cc([N+](=O)[O-])cc2c1OCOC2. The minimum atomic E-state index is -0.615. The lowest BCUT2D eigenvalue weighted by Crippen LogP contribution is -2.33. The molecule has 10 nitrogen and oxygen atoms in total. The summed E-state index contributed by atoms with van der Waals surface area (Å²) in [6.45, 7) is -0.0999. The van der Waals surface area contributed by atoms with Crippen molar-refractivity contribution in [2.24, 2.45) is 11.8 Å². The van der Waals surface area contributed by atoms with Gasteiger partial charge in [0.1, 0.15) is 12.4 Å². The Labute approximate surface area is 171 Å². The van der Waals surface area contributed by atoms with Crippen LogP contribution in [0.25, 0.3) is 0 Å². The highest BCUT2D eigenvalue weighted by Gasteiger charge is 2.46. The van der Waals surface area contributed by atoms with Gasteiger partial charge in [0.25, 0.3) is 5.69 Å². The zero-order chi connectivity index (χ0) is 21.3. The summed E-state index contributed by atoms with van der Waals surface area (Å²) >= 11 is 0. The molecule has 2 aliphatic heterocycles. The summed E-state index contributed by atoms with van der Waals surface area (Å²) < 4.78 is 15.8. The summed E-state index contributed by atoms with van der Waals surface area (Å²) in [5, 5.41) is 11.1. The number of imide groups is 1. The molecule has 3 aliphatic rings. The second-order valence-corrected chi connectivity index (χ2v) is 7.36. The third-order valence-corrected chi connectivity index (χ3v) is 5.51. The Morgan fingerprint density at radius 3 is 2.57 bits per heavy atom. The number of carbonyl (C=O) groups is 3. The van der Waals surface area contributed by atoms with Gasteiger partial charge in [0.15, 0.2) is 6.79 Å². The largest absolute Gasteiger partial charge is 0.467 e. The molecule has 2 amide bonds. The van der Waals surface area contributed by atoms with Crippen molar-refractivity contribution in [2.75, 3.05) is 13.3 Å². The van der Waals surface area contributed by atoms with Gasteiger partial charge in [-0.3, -0.25) is 29.4 Å². The topological polar surface area (TPSA) is 125 Å². The van der Waals surface area contributed by atoms with E-state index in [1.165, 1.54) is 12.1 Å². The van der Waals surface area contributed by atoms with Gasteiger partial charge in [-0.05, 0) is 12.8 Å². The summed E-state index contributed by atoms with van der Waals surface area (Å²) in [6, 6.07) is 2.65. The highest BCUT2D eigenvalue weighted by molar-refractivity contribution is 6.05. The molecule has 1 saturated heterocycles. The Kier molecular flexibility index (Phi) is 5.49. The number of nitrogens with zero attached hydrogens (tertiary/aromatic N) is 2. The van der Waals surface area contributed by atoms with Crippen molar-refractivity contribution in [3.05, 3.63) is 45.5 Å². The van der Waals surface area contributed by atoms with E-state index in [-0.39, 0.29) is 62.3 Å². The fraction of sp³-hybridized carbons (Fsp3) is 0.450. The Morgan fingerprint density at radius 2 is 1.90 bits per heavy atom. The van der Waals surface area contributed by atoms with E-state index in [2.05, 4.69) is 0 Å².